The lowest BCUT2D eigenvalue weighted by Crippen LogP contribution is -2.26. The van der Waals surface area contributed by atoms with Crippen LogP contribution in [0.1, 0.15) is 47.2 Å². The van der Waals surface area contributed by atoms with E-state index in [4.69, 9.17) is 16.0 Å². The van der Waals surface area contributed by atoms with Crippen molar-refractivity contribution in [2.24, 2.45) is 0 Å². The summed E-state index contributed by atoms with van der Waals surface area (Å²) in [6.45, 7) is 4.72. The molecule has 288 valence electrons. The number of benzene rings is 9. The van der Waals surface area contributed by atoms with E-state index >= 15 is 0 Å². The average Bonchev–Trinajstić information content (AvgIpc) is 3.98. The fraction of sp³-hybridized carbons (Fsp3) is 0.0690. The first-order chi connectivity index (χ1) is 29.9. The van der Waals surface area contributed by atoms with E-state index in [0.29, 0.717) is 0 Å². The molecule has 0 radical (unpaired) electrons. The number of nitrogens with zero attached hydrogens (tertiary/aromatic N) is 1. The van der Waals surface area contributed by atoms with Gasteiger partial charge in [0.1, 0.15) is 11.2 Å². The normalized spacial score (nSPS) is 16.0. The van der Waals surface area contributed by atoms with Crippen molar-refractivity contribution in [1.29, 1.82) is 0 Å². The van der Waals surface area contributed by atoms with Crippen LogP contribution in [0.5, 0.6) is 0 Å². The Balaban J connectivity index is 1.11. The molecule has 0 amide bonds. The molecule has 2 nitrogen and oxygen atoms in total. The van der Waals surface area contributed by atoms with Crippen LogP contribution in [0, 0.1) is 0 Å². The number of rotatable bonds is 4. The third-order valence-electron chi connectivity index (χ3n) is 13.9. The Labute approximate surface area is 359 Å². The summed E-state index contributed by atoms with van der Waals surface area (Å²) in [5, 5.41) is 3.00. The minimum Gasteiger partial charge on any atom is -0.456 e. The fourth-order valence-electron chi connectivity index (χ4n) is 11.4. The van der Waals surface area contributed by atoms with Crippen molar-refractivity contribution < 1.29 is 4.42 Å². The van der Waals surface area contributed by atoms with E-state index in [1.165, 1.54) is 77.9 Å². The minimum absolute atomic E-state index is 0.157. The van der Waals surface area contributed by atoms with Crippen LogP contribution in [0.25, 0.3) is 66.4 Å². The Morgan fingerprint density at radius 1 is 0.426 bits per heavy atom. The van der Waals surface area contributed by atoms with Gasteiger partial charge in [-0.1, -0.05) is 165 Å². The van der Waals surface area contributed by atoms with Crippen molar-refractivity contribution in [1.82, 2.24) is 0 Å². The van der Waals surface area contributed by atoms with Crippen molar-refractivity contribution in [2.75, 3.05) is 4.90 Å². The van der Waals surface area contributed by atoms with Crippen LogP contribution >= 0.6 is 11.6 Å². The van der Waals surface area contributed by atoms with Gasteiger partial charge in [-0.05, 0) is 127 Å². The Morgan fingerprint density at radius 2 is 1.02 bits per heavy atom. The second kappa shape index (κ2) is 12.5. The quantitative estimate of drug-likeness (QED) is 0.176. The molecule has 61 heavy (non-hydrogen) atoms. The Bertz CT molecular complexity index is 3490. The molecule has 9 aromatic carbocycles. The van der Waals surface area contributed by atoms with E-state index in [0.717, 1.165) is 44.0 Å². The monoisotopic (exact) mass is 799 g/mol. The maximum atomic E-state index is 7.07. The van der Waals surface area contributed by atoms with Crippen molar-refractivity contribution in [3.8, 4) is 44.5 Å². The average molecular weight is 800 g/mol. The topological polar surface area (TPSA) is 16.4 Å². The largest absolute Gasteiger partial charge is 0.456 e. The lowest BCUT2D eigenvalue weighted by Gasteiger charge is -2.33. The highest BCUT2D eigenvalue weighted by atomic mass is 35.5. The first-order valence-electron chi connectivity index (χ1n) is 21.1. The first kappa shape index (κ1) is 34.7. The second-order valence-electron chi connectivity index (χ2n) is 17.3. The zero-order valence-electron chi connectivity index (χ0n) is 33.7. The summed E-state index contributed by atoms with van der Waals surface area (Å²) in [6.07, 6.45) is 0. The van der Waals surface area contributed by atoms with Crippen LogP contribution in [-0.4, -0.2) is 0 Å². The van der Waals surface area contributed by atoms with E-state index in [9.17, 15) is 0 Å². The molecule has 13 rings (SSSR count). The molecule has 1 spiro atoms. The molecule has 3 heteroatoms. The maximum Gasteiger partial charge on any atom is 0.136 e. The molecule has 3 aliphatic carbocycles. The van der Waals surface area contributed by atoms with Gasteiger partial charge in [0.15, 0.2) is 0 Å². The first-order valence-corrected chi connectivity index (χ1v) is 21.5. The summed E-state index contributed by atoms with van der Waals surface area (Å²) in [5.41, 5.74) is 21.8. The third-order valence-corrected chi connectivity index (χ3v) is 14.2. The number of anilines is 3. The predicted octanol–water partition coefficient (Wildman–Crippen LogP) is 16.0. The van der Waals surface area contributed by atoms with Crippen LogP contribution < -0.4 is 4.90 Å². The van der Waals surface area contributed by atoms with Crippen molar-refractivity contribution in [3.05, 3.63) is 233 Å². The van der Waals surface area contributed by atoms with Crippen LogP contribution in [0.15, 0.2) is 199 Å². The molecule has 0 saturated carbocycles. The Morgan fingerprint density at radius 3 is 1.82 bits per heavy atom. The molecule has 1 unspecified atom stereocenters. The lowest BCUT2D eigenvalue weighted by atomic mass is 9.70. The number of hydrogen-bond donors (Lipinski definition) is 0. The summed E-state index contributed by atoms with van der Waals surface area (Å²) in [7, 11) is 0. The summed E-state index contributed by atoms with van der Waals surface area (Å²) in [4.78, 5) is 2.49. The number of furan rings is 1. The highest BCUT2D eigenvalue weighted by Crippen LogP contribution is 2.65. The highest BCUT2D eigenvalue weighted by Gasteiger charge is 2.53. The smallest absolute Gasteiger partial charge is 0.136 e. The van der Waals surface area contributed by atoms with Gasteiger partial charge in [-0.25, -0.2) is 0 Å². The van der Waals surface area contributed by atoms with Gasteiger partial charge in [0.25, 0.3) is 0 Å². The van der Waals surface area contributed by atoms with Gasteiger partial charge >= 0.3 is 0 Å². The second-order valence-corrected chi connectivity index (χ2v) is 17.7. The molecule has 3 aliphatic rings. The summed E-state index contributed by atoms with van der Waals surface area (Å²) >= 11 is 7.07. The van der Waals surface area contributed by atoms with E-state index in [2.05, 4.69) is 201 Å². The van der Waals surface area contributed by atoms with Crippen molar-refractivity contribution in [3.63, 3.8) is 0 Å². The number of hydrogen-bond acceptors (Lipinski definition) is 2. The Hall–Kier alpha value is -7.13. The molecule has 1 aromatic heterocycles. The van der Waals surface area contributed by atoms with Gasteiger partial charge in [0, 0.05) is 38.1 Å². The van der Waals surface area contributed by atoms with E-state index in [1.807, 2.05) is 12.1 Å². The number of halogens is 1. The minimum atomic E-state index is -0.629. The standard InChI is InChI=1S/C58H38ClNO/c1-57(2)46-20-10-6-17-40(46)42-28-25-37(33-49(42)57)60(52-22-12-8-16-39(52)35-14-4-3-5-15-35)38-26-29-43-41-18-7-11-21-47(41)58(51(43)34-38)48-30-31-54-56(45-19-9-13-23-53(45)61-54)55(48)44-27-24-36(59)32-50(44)58/h3-34H,1-2H3. The SMILES string of the molecule is CC1(C)c2ccccc2-c2ccc(N(c3ccc4c(c3)C3(c5ccccc5-4)c4cc(Cl)ccc4-c4c3ccc3oc5ccccc5c43)c3ccccc3-c3ccccc3)cc21. The van der Waals surface area contributed by atoms with E-state index in [-0.39, 0.29) is 5.41 Å². The predicted molar refractivity (Wildman–Crippen MR) is 253 cm³/mol. The molecule has 1 atom stereocenters. The maximum absolute atomic E-state index is 7.07. The van der Waals surface area contributed by atoms with Crippen LogP contribution in [-0.2, 0) is 10.8 Å². The summed E-state index contributed by atoms with van der Waals surface area (Å²) < 4.78 is 6.54. The van der Waals surface area contributed by atoms with Gasteiger partial charge in [-0.2, -0.15) is 0 Å². The molecule has 0 N–H and O–H groups in total. The third kappa shape index (κ3) is 4.58. The van der Waals surface area contributed by atoms with Gasteiger partial charge in [0.05, 0.1) is 11.1 Å². The van der Waals surface area contributed by atoms with E-state index < -0.39 is 5.41 Å². The molecule has 0 saturated heterocycles. The Kier molecular flexibility index (Phi) is 7.09. The molecule has 10 aromatic rings. The van der Waals surface area contributed by atoms with Gasteiger partial charge in [0.2, 0.25) is 0 Å². The van der Waals surface area contributed by atoms with Gasteiger partial charge < -0.3 is 9.32 Å². The van der Waals surface area contributed by atoms with Crippen LogP contribution in [0.4, 0.5) is 17.1 Å². The van der Waals surface area contributed by atoms with Gasteiger partial charge in [-0.15, -0.1) is 0 Å². The van der Waals surface area contributed by atoms with Crippen molar-refractivity contribution in [2.45, 2.75) is 24.7 Å². The zero-order valence-corrected chi connectivity index (χ0v) is 34.5. The molecular formula is C58H38ClNO. The number of para-hydroxylation sites is 2. The van der Waals surface area contributed by atoms with Crippen LogP contribution in [0.2, 0.25) is 5.02 Å². The molecular weight excluding hydrogens is 762 g/mol. The molecule has 1 heterocycles. The lowest BCUT2D eigenvalue weighted by molar-refractivity contribution is 0.660. The summed E-state index contributed by atoms with van der Waals surface area (Å²) in [5.74, 6) is 0. The van der Waals surface area contributed by atoms with Crippen LogP contribution in [0.3, 0.4) is 0 Å². The van der Waals surface area contributed by atoms with E-state index in [1.54, 1.807) is 0 Å². The summed E-state index contributed by atoms with van der Waals surface area (Å²) in [6, 6.07) is 71.1. The fourth-order valence-corrected chi connectivity index (χ4v) is 11.5. The van der Waals surface area contributed by atoms with Gasteiger partial charge in [-0.3, -0.25) is 0 Å². The zero-order chi connectivity index (χ0) is 40.6. The van der Waals surface area contributed by atoms with Crippen molar-refractivity contribution >= 4 is 50.6 Å². The molecule has 0 aliphatic heterocycles. The molecule has 0 bridgehead atoms. The highest BCUT2D eigenvalue weighted by molar-refractivity contribution is 6.31. The number of fused-ring (bicyclic) bond motifs is 17. The molecule has 0 fully saturated rings.